The maximum atomic E-state index is 13.2. The minimum Gasteiger partial charge on any atom is -0.207 e. The first kappa shape index (κ1) is 24.4. The zero-order chi connectivity index (χ0) is 25.2. The lowest BCUT2D eigenvalue weighted by molar-refractivity contribution is 0.273. The van der Waals surface area contributed by atoms with E-state index in [0.717, 1.165) is 22.3 Å². The minimum absolute atomic E-state index is 0.101. The molecule has 0 radical (unpaired) electrons. The molecule has 8 heteroatoms. The molecule has 1 heterocycles. The molecule has 0 aliphatic carbocycles. The summed E-state index contributed by atoms with van der Waals surface area (Å²) in [6.07, 6.45) is 0. The minimum atomic E-state index is -3.72. The first-order chi connectivity index (χ1) is 17.4. The van der Waals surface area contributed by atoms with Crippen molar-refractivity contribution in [2.45, 2.75) is 9.79 Å². The SMILES string of the molecule is O=S(=O)(c1ccc(-c2ccccc2)cc1)N1CCN(S(=O)(=O)c2ccc(-c3ccccc3)cc2)CC1. The second-order valence-electron chi connectivity index (χ2n) is 8.59. The second-order valence-corrected chi connectivity index (χ2v) is 12.5. The van der Waals surface area contributed by atoms with Crippen molar-refractivity contribution >= 4 is 20.0 Å². The lowest BCUT2D eigenvalue weighted by Gasteiger charge is -2.33. The van der Waals surface area contributed by atoms with Gasteiger partial charge in [-0.15, -0.1) is 0 Å². The summed E-state index contributed by atoms with van der Waals surface area (Å²) in [5, 5.41) is 0. The van der Waals surface area contributed by atoms with E-state index in [9.17, 15) is 16.8 Å². The van der Waals surface area contributed by atoms with Crippen molar-refractivity contribution in [3.05, 3.63) is 109 Å². The molecule has 4 aromatic rings. The Morgan fingerprint density at radius 2 is 0.667 bits per heavy atom. The fraction of sp³-hybridized carbons (Fsp3) is 0.143. The van der Waals surface area contributed by atoms with Crippen LogP contribution in [-0.2, 0) is 20.0 Å². The zero-order valence-electron chi connectivity index (χ0n) is 19.6. The number of sulfonamides is 2. The first-order valence-electron chi connectivity index (χ1n) is 11.7. The summed E-state index contributed by atoms with van der Waals surface area (Å²) in [7, 11) is -7.44. The van der Waals surface area contributed by atoms with Gasteiger partial charge < -0.3 is 0 Å². The van der Waals surface area contributed by atoms with E-state index in [1.165, 1.54) is 8.61 Å². The van der Waals surface area contributed by atoms with Crippen molar-refractivity contribution in [2.24, 2.45) is 0 Å². The van der Waals surface area contributed by atoms with Gasteiger partial charge in [-0.1, -0.05) is 84.9 Å². The average molecular weight is 519 g/mol. The van der Waals surface area contributed by atoms with E-state index in [1.54, 1.807) is 48.5 Å². The van der Waals surface area contributed by atoms with Crippen molar-refractivity contribution in [1.29, 1.82) is 0 Å². The Kier molecular flexibility index (Phi) is 6.77. The normalized spacial score (nSPS) is 15.6. The van der Waals surface area contributed by atoms with Crippen LogP contribution in [0.5, 0.6) is 0 Å². The summed E-state index contributed by atoms with van der Waals surface area (Å²) in [4.78, 5) is 0.407. The average Bonchev–Trinajstić information content (AvgIpc) is 2.94. The molecule has 0 saturated carbocycles. The highest BCUT2D eigenvalue weighted by molar-refractivity contribution is 7.89. The van der Waals surface area contributed by atoms with E-state index in [-0.39, 0.29) is 36.0 Å². The van der Waals surface area contributed by atoms with Crippen molar-refractivity contribution in [2.75, 3.05) is 26.2 Å². The van der Waals surface area contributed by atoms with E-state index in [4.69, 9.17) is 0 Å². The Balaban J connectivity index is 1.27. The molecular formula is C28H26N2O4S2. The largest absolute Gasteiger partial charge is 0.243 e. The molecule has 184 valence electrons. The summed E-state index contributed by atoms with van der Waals surface area (Å²) in [5.74, 6) is 0. The molecule has 36 heavy (non-hydrogen) atoms. The molecule has 0 amide bonds. The number of rotatable bonds is 6. The van der Waals surface area contributed by atoms with Gasteiger partial charge in [-0.2, -0.15) is 8.61 Å². The summed E-state index contributed by atoms with van der Waals surface area (Å²) in [5.41, 5.74) is 3.89. The second kappa shape index (κ2) is 9.99. The number of benzene rings is 4. The van der Waals surface area contributed by atoms with Gasteiger partial charge in [0.2, 0.25) is 20.0 Å². The van der Waals surface area contributed by atoms with Crippen LogP contribution in [0.4, 0.5) is 0 Å². The maximum Gasteiger partial charge on any atom is 0.243 e. The summed E-state index contributed by atoms with van der Waals surface area (Å²) in [6, 6.07) is 33.1. The van der Waals surface area contributed by atoms with Crippen LogP contribution in [0.2, 0.25) is 0 Å². The topological polar surface area (TPSA) is 74.8 Å². The van der Waals surface area contributed by atoms with Crippen molar-refractivity contribution in [3.63, 3.8) is 0 Å². The summed E-state index contributed by atoms with van der Waals surface area (Å²) < 4.78 is 55.5. The molecule has 1 fully saturated rings. The Labute approximate surface area is 212 Å². The smallest absolute Gasteiger partial charge is 0.207 e. The van der Waals surface area contributed by atoms with Crippen LogP contribution in [0.3, 0.4) is 0 Å². The third-order valence-corrected chi connectivity index (χ3v) is 10.2. The van der Waals surface area contributed by atoms with E-state index in [1.807, 2.05) is 60.7 Å². The molecule has 0 N–H and O–H groups in total. The Morgan fingerprint density at radius 3 is 0.972 bits per heavy atom. The maximum absolute atomic E-state index is 13.2. The molecule has 6 nitrogen and oxygen atoms in total. The molecule has 0 unspecified atom stereocenters. The summed E-state index contributed by atoms with van der Waals surface area (Å²) >= 11 is 0. The van der Waals surface area contributed by atoms with Crippen LogP contribution in [-0.4, -0.2) is 51.6 Å². The molecule has 0 spiro atoms. The molecule has 1 saturated heterocycles. The van der Waals surface area contributed by atoms with Crippen LogP contribution >= 0.6 is 0 Å². The van der Waals surface area contributed by atoms with Gasteiger partial charge in [0.1, 0.15) is 0 Å². The van der Waals surface area contributed by atoms with Crippen LogP contribution in [0.25, 0.3) is 22.3 Å². The number of nitrogens with zero attached hydrogens (tertiary/aromatic N) is 2. The molecule has 1 aliphatic heterocycles. The lowest BCUT2D eigenvalue weighted by atomic mass is 10.1. The highest BCUT2D eigenvalue weighted by Gasteiger charge is 2.33. The highest BCUT2D eigenvalue weighted by Crippen LogP contribution is 2.26. The number of piperazine rings is 1. The van der Waals surface area contributed by atoms with Crippen LogP contribution in [0.15, 0.2) is 119 Å². The lowest BCUT2D eigenvalue weighted by Crippen LogP contribution is -2.50. The molecule has 0 bridgehead atoms. The molecule has 0 aromatic heterocycles. The van der Waals surface area contributed by atoms with Gasteiger partial charge in [0, 0.05) is 26.2 Å². The zero-order valence-corrected chi connectivity index (χ0v) is 21.2. The highest BCUT2D eigenvalue weighted by atomic mass is 32.2. The molecule has 0 atom stereocenters. The van der Waals surface area contributed by atoms with Gasteiger partial charge in [-0.3, -0.25) is 0 Å². The van der Waals surface area contributed by atoms with Gasteiger partial charge in [-0.25, -0.2) is 16.8 Å². The first-order valence-corrected chi connectivity index (χ1v) is 14.5. The van der Waals surface area contributed by atoms with E-state index < -0.39 is 20.0 Å². The molecule has 1 aliphatic rings. The predicted molar refractivity (Wildman–Crippen MR) is 141 cm³/mol. The Morgan fingerprint density at radius 1 is 0.389 bits per heavy atom. The van der Waals surface area contributed by atoms with Gasteiger partial charge >= 0.3 is 0 Å². The predicted octanol–water partition coefficient (Wildman–Crippen LogP) is 4.72. The van der Waals surface area contributed by atoms with Crippen LogP contribution in [0, 0.1) is 0 Å². The molecule has 4 aromatic carbocycles. The Hall–Kier alpha value is -3.30. The van der Waals surface area contributed by atoms with Gasteiger partial charge in [0.15, 0.2) is 0 Å². The summed E-state index contributed by atoms with van der Waals surface area (Å²) in [6.45, 7) is 0.405. The third kappa shape index (κ3) is 4.85. The number of hydrogen-bond acceptors (Lipinski definition) is 4. The van der Waals surface area contributed by atoms with E-state index in [2.05, 4.69) is 0 Å². The van der Waals surface area contributed by atoms with E-state index in [0.29, 0.717) is 0 Å². The number of hydrogen-bond donors (Lipinski definition) is 0. The van der Waals surface area contributed by atoms with Crippen molar-refractivity contribution in [3.8, 4) is 22.3 Å². The van der Waals surface area contributed by atoms with Gasteiger partial charge in [0.25, 0.3) is 0 Å². The van der Waals surface area contributed by atoms with Crippen molar-refractivity contribution in [1.82, 2.24) is 8.61 Å². The molecular weight excluding hydrogens is 492 g/mol. The van der Waals surface area contributed by atoms with Gasteiger partial charge in [-0.05, 0) is 46.5 Å². The van der Waals surface area contributed by atoms with Gasteiger partial charge in [0.05, 0.1) is 9.79 Å². The standard InChI is InChI=1S/C28H26N2O4S2/c31-35(32,27-15-11-25(12-16-27)23-7-3-1-4-8-23)29-19-21-30(22-20-29)36(33,34)28-17-13-26(14-18-28)24-9-5-2-6-10-24/h1-18H,19-22H2. The quantitative estimate of drug-likeness (QED) is 0.370. The van der Waals surface area contributed by atoms with Crippen LogP contribution in [0.1, 0.15) is 0 Å². The van der Waals surface area contributed by atoms with E-state index >= 15 is 0 Å². The van der Waals surface area contributed by atoms with Crippen LogP contribution < -0.4 is 0 Å². The fourth-order valence-electron chi connectivity index (χ4n) is 4.35. The Bertz CT molecular complexity index is 1410. The fourth-order valence-corrected chi connectivity index (χ4v) is 7.19. The monoisotopic (exact) mass is 518 g/mol. The third-order valence-electron chi connectivity index (χ3n) is 6.40. The molecule has 5 rings (SSSR count). The van der Waals surface area contributed by atoms with Crippen molar-refractivity contribution < 1.29 is 16.8 Å².